The van der Waals surface area contributed by atoms with Crippen LogP contribution in [0.5, 0.6) is 0 Å². The minimum absolute atomic E-state index is 0.205. The summed E-state index contributed by atoms with van der Waals surface area (Å²) in [7, 11) is 3.05. The lowest BCUT2D eigenvalue weighted by atomic mass is 9.87. The first kappa shape index (κ1) is 15.4. The molecule has 96 valence electrons. The van der Waals surface area contributed by atoms with Gasteiger partial charge in [-0.3, -0.25) is 10.1 Å². The van der Waals surface area contributed by atoms with Crippen molar-refractivity contribution in [1.82, 2.24) is 5.32 Å². The molecule has 16 heavy (non-hydrogen) atoms. The molecule has 0 aromatic heterocycles. The number of ether oxygens (including phenoxy) is 2. The molecule has 0 rings (SSSR count). The third-order valence-corrected chi connectivity index (χ3v) is 2.58. The number of hydrogen-bond donors (Lipinski definition) is 1. The van der Waals surface area contributed by atoms with Crippen LogP contribution in [-0.4, -0.2) is 37.4 Å². The van der Waals surface area contributed by atoms with E-state index < -0.39 is 5.54 Å². The molecule has 0 heterocycles. The summed E-state index contributed by atoms with van der Waals surface area (Å²) in [6.45, 7) is 9.76. The Morgan fingerprint density at radius 2 is 1.75 bits per heavy atom. The molecule has 1 unspecified atom stereocenters. The van der Waals surface area contributed by atoms with Crippen molar-refractivity contribution in [3.05, 3.63) is 0 Å². The van der Waals surface area contributed by atoms with Crippen LogP contribution in [0.3, 0.4) is 0 Å². The van der Waals surface area contributed by atoms with Crippen molar-refractivity contribution >= 4 is 5.97 Å². The van der Waals surface area contributed by atoms with E-state index in [4.69, 9.17) is 9.47 Å². The number of rotatable bonds is 6. The molecular formula is C12H25NO3. The van der Waals surface area contributed by atoms with Crippen LogP contribution in [0, 0.1) is 0 Å². The summed E-state index contributed by atoms with van der Waals surface area (Å²) in [4.78, 5) is 11.8. The van der Waals surface area contributed by atoms with Crippen molar-refractivity contribution in [3.8, 4) is 0 Å². The molecule has 0 aromatic carbocycles. The van der Waals surface area contributed by atoms with Gasteiger partial charge in [0.15, 0.2) is 0 Å². The van der Waals surface area contributed by atoms with Crippen LogP contribution < -0.4 is 5.32 Å². The van der Waals surface area contributed by atoms with Crippen LogP contribution in [0.25, 0.3) is 0 Å². The predicted octanol–water partition coefficient (Wildman–Crippen LogP) is 1.73. The molecule has 0 aliphatic heterocycles. The molecule has 1 atom stereocenters. The maximum absolute atomic E-state index is 11.8. The van der Waals surface area contributed by atoms with E-state index in [-0.39, 0.29) is 17.6 Å². The van der Waals surface area contributed by atoms with E-state index in [1.807, 2.05) is 34.6 Å². The highest BCUT2D eigenvalue weighted by Gasteiger charge is 2.40. The van der Waals surface area contributed by atoms with Crippen LogP contribution >= 0.6 is 0 Å². The van der Waals surface area contributed by atoms with Gasteiger partial charge < -0.3 is 9.47 Å². The summed E-state index contributed by atoms with van der Waals surface area (Å²) in [6.07, 6.45) is 0.557. The molecule has 4 nitrogen and oxygen atoms in total. The van der Waals surface area contributed by atoms with Crippen molar-refractivity contribution < 1.29 is 14.3 Å². The van der Waals surface area contributed by atoms with E-state index in [1.54, 1.807) is 7.11 Å². The Balaban J connectivity index is 4.87. The largest absolute Gasteiger partial charge is 0.468 e. The lowest BCUT2D eigenvalue weighted by Gasteiger charge is -2.36. The number of carbonyl (C=O) groups excluding carboxylic acids is 1. The number of methoxy groups -OCH3 is 2. The zero-order valence-electron chi connectivity index (χ0n) is 11.5. The van der Waals surface area contributed by atoms with Crippen LogP contribution in [0.2, 0.25) is 0 Å². The SMILES string of the molecule is COC(=O)C(C)(CC(C)(C)OC)NC(C)C. The zero-order chi connectivity index (χ0) is 13.0. The van der Waals surface area contributed by atoms with E-state index >= 15 is 0 Å². The van der Waals surface area contributed by atoms with Gasteiger partial charge in [0.1, 0.15) is 5.54 Å². The molecule has 4 heteroatoms. The fourth-order valence-electron chi connectivity index (χ4n) is 1.97. The topological polar surface area (TPSA) is 47.6 Å². The normalized spacial score (nSPS) is 16.0. The third-order valence-electron chi connectivity index (χ3n) is 2.58. The van der Waals surface area contributed by atoms with Crippen LogP contribution in [0.4, 0.5) is 0 Å². The quantitative estimate of drug-likeness (QED) is 0.707. The summed E-state index contributed by atoms with van der Waals surface area (Å²) in [5.41, 5.74) is -1.09. The van der Waals surface area contributed by atoms with Gasteiger partial charge in [0.05, 0.1) is 12.7 Å². The third kappa shape index (κ3) is 4.49. The van der Waals surface area contributed by atoms with Gasteiger partial charge in [-0.05, 0) is 34.6 Å². The number of nitrogens with one attached hydrogen (secondary N) is 1. The second kappa shape index (κ2) is 5.64. The second-order valence-electron chi connectivity index (χ2n) is 5.26. The van der Waals surface area contributed by atoms with Gasteiger partial charge in [-0.1, -0.05) is 0 Å². The number of esters is 1. The van der Waals surface area contributed by atoms with E-state index in [0.29, 0.717) is 6.42 Å². The van der Waals surface area contributed by atoms with Gasteiger partial charge in [0, 0.05) is 19.6 Å². The van der Waals surface area contributed by atoms with E-state index in [9.17, 15) is 4.79 Å². The minimum Gasteiger partial charge on any atom is -0.468 e. The fraction of sp³-hybridized carbons (Fsp3) is 0.917. The average Bonchev–Trinajstić information content (AvgIpc) is 2.14. The van der Waals surface area contributed by atoms with E-state index in [2.05, 4.69) is 5.32 Å². The van der Waals surface area contributed by atoms with Gasteiger partial charge in [-0.15, -0.1) is 0 Å². The van der Waals surface area contributed by atoms with Crippen LogP contribution in [0.15, 0.2) is 0 Å². The van der Waals surface area contributed by atoms with Crippen molar-refractivity contribution in [2.45, 2.75) is 58.2 Å². The fourth-order valence-corrected chi connectivity index (χ4v) is 1.97. The molecular weight excluding hydrogens is 206 g/mol. The van der Waals surface area contributed by atoms with Gasteiger partial charge in [-0.2, -0.15) is 0 Å². The second-order valence-corrected chi connectivity index (χ2v) is 5.26. The molecule has 0 saturated heterocycles. The van der Waals surface area contributed by atoms with Gasteiger partial charge in [0.25, 0.3) is 0 Å². The Morgan fingerprint density at radius 1 is 1.25 bits per heavy atom. The molecule has 0 aliphatic carbocycles. The monoisotopic (exact) mass is 231 g/mol. The Kier molecular flexibility index (Phi) is 5.42. The number of carbonyl (C=O) groups is 1. The lowest BCUT2D eigenvalue weighted by molar-refractivity contribution is -0.151. The zero-order valence-corrected chi connectivity index (χ0v) is 11.5. The Hall–Kier alpha value is -0.610. The molecule has 0 aliphatic rings. The standard InChI is InChI=1S/C12H25NO3/c1-9(2)13-12(5,10(14)15-6)8-11(3,4)16-7/h9,13H,8H2,1-7H3. The molecule has 0 saturated carbocycles. The molecule has 0 amide bonds. The summed E-state index contributed by atoms with van der Waals surface area (Å²) < 4.78 is 10.2. The molecule has 0 spiro atoms. The van der Waals surface area contributed by atoms with Crippen molar-refractivity contribution in [1.29, 1.82) is 0 Å². The summed E-state index contributed by atoms with van der Waals surface area (Å²) >= 11 is 0. The van der Waals surface area contributed by atoms with Gasteiger partial charge in [-0.25, -0.2) is 0 Å². The first-order valence-corrected chi connectivity index (χ1v) is 5.58. The highest BCUT2D eigenvalue weighted by molar-refractivity contribution is 5.80. The molecule has 0 bridgehead atoms. The minimum atomic E-state index is -0.720. The van der Waals surface area contributed by atoms with Gasteiger partial charge in [0.2, 0.25) is 0 Å². The van der Waals surface area contributed by atoms with Gasteiger partial charge >= 0.3 is 5.97 Å². The maximum atomic E-state index is 11.8. The van der Waals surface area contributed by atoms with E-state index in [1.165, 1.54) is 7.11 Å². The van der Waals surface area contributed by atoms with Crippen molar-refractivity contribution in [3.63, 3.8) is 0 Å². The molecule has 1 N–H and O–H groups in total. The molecule has 0 fully saturated rings. The highest BCUT2D eigenvalue weighted by atomic mass is 16.5. The Morgan fingerprint density at radius 3 is 2.06 bits per heavy atom. The summed E-state index contributed by atoms with van der Waals surface area (Å²) in [6, 6.07) is 0.205. The van der Waals surface area contributed by atoms with E-state index in [0.717, 1.165) is 0 Å². The molecule has 0 aromatic rings. The summed E-state index contributed by atoms with van der Waals surface area (Å²) in [5, 5.41) is 3.24. The maximum Gasteiger partial charge on any atom is 0.325 e. The molecule has 0 radical (unpaired) electrons. The lowest BCUT2D eigenvalue weighted by Crippen LogP contribution is -2.56. The Bertz CT molecular complexity index is 238. The van der Waals surface area contributed by atoms with Crippen molar-refractivity contribution in [2.24, 2.45) is 0 Å². The smallest absolute Gasteiger partial charge is 0.325 e. The first-order valence-electron chi connectivity index (χ1n) is 5.58. The van der Waals surface area contributed by atoms with Crippen LogP contribution in [-0.2, 0) is 14.3 Å². The van der Waals surface area contributed by atoms with Crippen molar-refractivity contribution in [2.75, 3.05) is 14.2 Å². The Labute approximate surface area is 98.7 Å². The average molecular weight is 231 g/mol. The van der Waals surface area contributed by atoms with Crippen LogP contribution in [0.1, 0.15) is 41.0 Å². The predicted molar refractivity (Wildman–Crippen MR) is 64.4 cm³/mol. The highest BCUT2D eigenvalue weighted by Crippen LogP contribution is 2.24. The summed E-state index contributed by atoms with van der Waals surface area (Å²) in [5.74, 6) is -0.258. The number of hydrogen-bond acceptors (Lipinski definition) is 4. The first-order chi connectivity index (χ1) is 7.17.